The van der Waals surface area contributed by atoms with Gasteiger partial charge in [0.15, 0.2) is 0 Å². The van der Waals surface area contributed by atoms with Gasteiger partial charge in [-0.3, -0.25) is 0 Å². The molecule has 1 aromatic carbocycles. The van der Waals surface area contributed by atoms with E-state index in [1.54, 1.807) is 24.3 Å². The Labute approximate surface area is 79.8 Å². The first-order chi connectivity index (χ1) is 5.65. The second-order valence-corrected chi connectivity index (χ2v) is 3.32. The Bertz CT molecular complexity index is 299. The Kier molecular flexibility index (Phi) is 2.89. The second kappa shape index (κ2) is 3.74. The maximum atomic E-state index is 9.10. The normalized spacial score (nSPS) is 12.5. The maximum absolute atomic E-state index is 9.10. The first-order valence-electron chi connectivity index (χ1n) is 3.51. The van der Waals surface area contributed by atoms with Crippen LogP contribution in [-0.4, -0.2) is 5.11 Å². The molecule has 1 aromatic rings. The van der Waals surface area contributed by atoms with E-state index in [1.807, 2.05) is 0 Å². The molecule has 0 aliphatic heterocycles. The zero-order valence-corrected chi connectivity index (χ0v) is 8.08. The Morgan fingerprint density at radius 2 is 2.25 bits per heavy atom. The smallest absolute Gasteiger partial charge is 0.116 e. The fraction of sp³-hybridized carbons (Fsp3) is 0.111. The van der Waals surface area contributed by atoms with Gasteiger partial charge in [-0.1, -0.05) is 28.1 Å². The number of aromatic hydroxyl groups is 1. The molecule has 0 aliphatic rings. The van der Waals surface area contributed by atoms with E-state index in [4.69, 9.17) is 10.8 Å². The SMILES string of the molecule is C=CC(N)c1ccc(O)cc1Br. The predicted octanol–water partition coefficient (Wildman–Crippen LogP) is 2.34. The van der Waals surface area contributed by atoms with E-state index in [9.17, 15) is 0 Å². The number of rotatable bonds is 2. The van der Waals surface area contributed by atoms with E-state index in [-0.39, 0.29) is 11.8 Å². The van der Waals surface area contributed by atoms with Crippen molar-refractivity contribution in [2.45, 2.75) is 6.04 Å². The molecule has 0 saturated carbocycles. The van der Waals surface area contributed by atoms with Crippen molar-refractivity contribution in [1.29, 1.82) is 0 Å². The number of phenols is 1. The van der Waals surface area contributed by atoms with Crippen LogP contribution in [0.1, 0.15) is 11.6 Å². The largest absolute Gasteiger partial charge is 0.508 e. The molecule has 3 N–H and O–H groups in total. The number of halogens is 1. The summed E-state index contributed by atoms with van der Waals surface area (Å²) in [6, 6.07) is 4.79. The first-order valence-corrected chi connectivity index (χ1v) is 4.31. The molecule has 12 heavy (non-hydrogen) atoms. The monoisotopic (exact) mass is 227 g/mol. The van der Waals surface area contributed by atoms with E-state index >= 15 is 0 Å². The maximum Gasteiger partial charge on any atom is 0.116 e. The molecule has 3 heteroatoms. The van der Waals surface area contributed by atoms with Crippen molar-refractivity contribution in [3.05, 3.63) is 40.9 Å². The molecule has 0 fully saturated rings. The Morgan fingerprint density at radius 3 is 2.75 bits per heavy atom. The Balaban J connectivity index is 3.09. The third kappa shape index (κ3) is 1.87. The molecule has 0 radical (unpaired) electrons. The fourth-order valence-corrected chi connectivity index (χ4v) is 1.54. The van der Waals surface area contributed by atoms with Gasteiger partial charge in [0.25, 0.3) is 0 Å². The summed E-state index contributed by atoms with van der Waals surface area (Å²) in [4.78, 5) is 0. The van der Waals surface area contributed by atoms with Crippen molar-refractivity contribution in [2.24, 2.45) is 5.73 Å². The van der Waals surface area contributed by atoms with Gasteiger partial charge in [-0.25, -0.2) is 0 Å². The third-order valence-corrected chi connectivity index (χ3v) is 2.28. The number of phenolic OH excluding ortho intramolecular Hbond substituents is 1. The van der Waals surface area contributed by atoms with Crippen LogP contribution in [0.4, 0.5) is 0 Å². The lowest BCUT2D eigenvalue weighted by atomic mass is 10.1. The average molecular weight is 228 g/mol. The molecule has 1 unspecified atom stereocenters. The summed E-state index contributed by atoms with van der Waals surface area (Å²) >= 11 is 3.30. The highest BCUT2D eigenvalue weighted by atomic mass is 79.9. The summed E-state index contributed by atoms with van der Waals surface area (Å²) < 4.78 is 0.801. The number of hydrogen-bond acceptors (Lipinski definition) is 2. The van der Waals surface area contributed by atoms with Crippen molar-refractivity contribution in [2.75, 3.05) is 0 Å². The number of hydrogen-bond donors (Lipinski definition) is 2. The van der Waals surface area contributed by atoms with Gasteiger partial charge in [0.1, 0.15) is 5.75 Å². The van der Waals surface area contributed by atoms with Crippen LogP contribution < -0.4 is 5.73 Å². The zero-order chi connectivity index (χ0) is 9.14. The van der Waals surface area contributed by atoms with Crippen molar-refractivity contribution in [3.8, 4) is 5.75 Å². The molecule has 1 rings (SSSR count). The van der Waals surface area contributed by atoms with E-state index in [0.29, 0.717) is 0 Å². The van der Waals surface area contributed by atoms with Gasteiger partial charge in [-0.15, -0.1) is 6.58 Å². The van der Waals surface area contributed by atoms with Gasteiger partial charge >= 0.3 is 0 Å². The van der Waals surface area contributed by atoms with E-state index < -0.39 is 0 Å². The summed E-state index contributed by atoms with van der Waals surface area (Å²) in [5, 5.41) is 9.10. The number of benzene rings is 1. The molecule has 0 spiro atoms. The molecule has 2 nitrogen and oxygen atoms in total. The molecule has 0 bridgehead atoms. The lowest BCUT2D eigenvalue weighted by molar-refractivity contribution is 0.474. The van der Waals surface area contributed by atoms with E-state index in [0.717, 1.165) is 10.0 Å². The molecule has 0 aliphatic carbocycles. The highest BCUT2D eigenvalue weighted by molar-refractivity contribution is 9.10. The van der Waals surface area contributed by atoms with Crippen LogP contribution in [0, 0.1) is 0 Å². The van der Waals surface area contributed by atoms with Crippen LogP contribution in [0.3, 0.4) is 0 Å². The molecular formula is C9H10BrNO. The van der Waals surface area contributed by atoms with Crippen LogP contribution in [0.5, 0.6) is 5.75 Å². The van der Waals surface area contributed by atoms with E-state index in [2.05, 4.69) is 22.5 Å². The number of nitrogens with two attached hydrogens (primary N) is 1. The van der Waals surface area contributed by atoms with Crippen LogP contribution >= 0.6 is 15.9 Å². The van der Waals surface area contributed by atoms with Crippen molar-refractivity contribution in [1.82, 2.24) is 0 Å². The highest BCUT2D eigenvalue weighted by Gasteiger charge is 2.05. The predicted molar refractivity (Wildman–Crippen MR) is 52.9 cm³/mol. The molecule has 64 valence electrons. The van der Waals surface area contributed by atoms with Crippen LogP contribution in [0.15, 0.2) is 35.3 Å². The minimum atomic E-state index is -0.194. The van der Waals surface area contributed by atoms with Gasteiger partial charge in [-0.05, 0) is 17.7 Å². The Hall–Kier alpha value is -0.800. The molecular weight excluding hydrogens is 218 g/mol. The lowest BCUT2D eigenvalue weighted by Crippen LogP contribution is -2.06. The van der Waals surface area contributed by atoms with Crippen LogP contribution in [0.2, 0.25) is 0 Å². The molecule has 0 heterocycles. The summed E-state index contributed by atoms with van der Waals surface area (Å²) in [5.41, 5.74) is 6.63. The quantitative estimate of drug-likeness (QED) is 0.763. The van der Waals surface area contributed by atoms with Gasteiger partial charge in [0.05, 0.1) is 0 Å². The van der Waals surface area contributed by atoms with Crippen molar-refractivity contribution in [3.63, 3.8) is 0 Å². The van der Waals surface area contributed by atoms with Crippen molar-refractivity contribution < 1.29 is 5.11 Å². The summed E-state index contributed by atoms with van der Waals surface area (Å²) in [6.07, 6.45) is 1.65. The van der Waals surface area contributed by atoms with Gasteiger partial charge < -0.3 is 10.8 Å². The van der Waals surface area contributed by atoms with Crippen molar-refractivity contribution >= 4 is 15.9 Å². The standard InChI is InChI=1S/C9H10BrNO/c1-2-9(11)7-4-3-6(12)5-8(7)10/h2-5,9,12H,1,11H2. The lowest BCUT2D eigenvalue weighted by Gasteiger charge is -2.08. The molecule has 0 saturated heterocycles. The van der Waals surface area contributed by atoms with Crippen LogP contribution in [0.25, 0.3) is 0 Å². The highest BCUT2D eigenvalue weighted by Crippen LogP contribution is 2.26. The molecule has 1 atom stereocenters. The molecule has 0 amide bonds. The average Bonchev–Trinajstić information content (AvgIpc) is 2.03. The van der Waals surface area contributed by atoms with Gasteiger partial charge in [-0.2, -0.15) is 0 Å². The van der Waals surface area contributed by atoms with E-state index in [1.165, 1.54) is 0 Å². The summed E-state index contributed by atoms with van der Waals surface area (Å²) in [7, 11) is 0. The van der Waals surface area contributed by atoms with Crippen LogP contribution in [-0.2, 0) is 0 Å². The molecule has 0 aromatic heterocycles. The minimum absolute atomic E-state index is 0.194. The summed E-state index contributed by atoms with van der Waals surface area (Å²) in [6.45, 7) is 3.59. The summed E-state index contributed by atoms with van der Waals surface area (Å²) in [5.74, 6) is 0.224. The third-order valence-electron chi connectivity index (χ3n) is 1.60. The minimum Gasteiger partial charge on any atom is -0.508 e. The second-order valence-electron chi connectivity index (χ2n) is 2.47. The van der Waals surface area contributed by atoms with Gasteiger partial charge in [0, 0.05) is 10.5 Å². The van der Waals surface area contributed by atoms with Gasteiger partial charge in [0.2, 0.25) is 0 Å². The topological polar surface area (TPSA) is 46.2 Å². The first kappa shape index (κ1) is 9.29. The fourth-order valence-electron chi connectivity index (χ4n) is 0.913. The zero-order valence-electron chi connectivity index (χ0n) is 6.50. The Morgan fingerprint density at radius 1 is 1.58 bits per heavy atom.